The van der Waals surface area contributed by atoms with Gasteiger partial charge in [0.2, 0.25) is 5.91 Å². The van der Waals surface area contributed by atoms with Crippen LogP contribution in [0.4, 0.5) is 0 Å². The van der Waals surface area contributed by atoms with Crippen molar-refractivity contribution in [2.45, 2.75) is 52.1 Å². The first-order chi connectivity index (χ1) is 23.0. The lowest BCUT2D eigenvalue weighted by atomic mass is 9.99. The largest absolute Gasteiger partial charge is 0.478 e. The van der Waals surface area contributed by atoms with Crippen LogP contribution in [0.25, 0.3) is 5.00 Å². The van der Waals surface area contributed by atoms with Crippen LogP contribution in [-0.4, -0.2) is 73.9 Å². The van der Waals surface area contributed by atoms with E-state index >= 15 is 0 Å². The van der Waals surface area contributed by atoms with E-state index in [9.17, 15) is 19.5 Å². The molecule has 1 saturated heterocycles. The predicted molar refractivity (Wildman–Crippen MR) is 192 cm³/mol. The summed E-state index contributed by atoms with van der Waals surface area (Å²) >= 11 is 7.88. The highest BCUT2D eigenvalue weighted by Gasteiger charge is 2.34. The fourth-order valence-electron chi connectivity index (χ4n) is 6.09. The Morgan fingerprint density at radius 1 is 1.08 bits per heavy atom. The fraction of sp³-hybridized carbons (Fsp3) is 0.314. The summed E-state index contributed by atoms with van der Waals surface area (Å²) in [6, 6.07) is 11.2. The zero-order chi connectivity index (χ0) is 34.1. The highest BCUT2D eigenvalue weighted by molar-refractivity contribution is 7.15. The molecule has 11 nitrogen and oxygen atoms in total. The number of nitrogens with zero attached hydrogens (tertiary/aromatic N) is 5. The summed E-state index contributed by atoms with van der Waals surface area (Å²) in [4.78, 5) is 46.7. The molecule has 2 aliphatic heterocycles. The molecule has 2 aromatic carbocycles. The number of hydrogen-bond donors (Lipinski definition) is 3. The van der Waals surface area contributed by atoms with E-state index in [0.29, 0.717) is 42.3 Å². The van der Waals surface area contributed by atoms with Crippen LogP contribution in [0.1, 0.15) is 84.8 Å². The number of aromatic nitrogens is 3. The number of nitrogens with two attached hydrogens (primary N) is 1. The molecular weight excluding hydrogens is 685 g/mol. The number of amides is 2. The van der Waals surface area contributed by atoms with Crippen molar-refractivity contribution >= 4 is 58.8 Å². The standard InChI is InChI=1S/C35H34ClN7O4S.ClH/c1-19-20(2)48-34-30(19)31(22-6-9-25(36)10-7-22)39-28(32-41-40-21(3)43(32)34)18-29(44)42-15-12-26(13-16-42)38-33(45)24-8-11-27(35(46)47)23(17-24)5-4-14-37;/h6-11,17,26,28H,12-16,18,37H2,1-3H3,(H,38,45)(H,46,47);1H/t28-;/m0./s1. The van der Waals surface area contributed by atoms with Crippen molar-refractivity contribution < 1.29 is 19.5 Å². The number of thiophene rings is 1. The van der Waals surface area contributed by atoms with E-state index in [0.717, 1.165) is 33.2 Å². The number of aromatic carboxylic acids is 1. The van der Waals surface area contributed by atoms with Crippen molar-refractivity contribution in [3.63, 3.8) is 0 Å². The molecule has 0 aliphatic carbocycles. The molecule has 0 spiro atoms. The van der Waals surface area contributed by atoms with E-state index in [1.54, 1.807) is 11.3 Å². The first-order valence-electron chi connectivity index (χ1n) is 15.6. The molecule has 2 aliphatic rings. The van der Waals surface area contributed by atoms with Crippen LogP contribution in [-0.2, 0) is 4.79 Å². The Hall–Kier alpha value is -4.54. The number of piperidine rings is 1. The molecule has 4 N–H and O–H groups in total. The maximum atomic E-state index is 13.8. The third-order valence-electron chi connectivity index (χ3n) is 8.75. The van der Waals surface area contributed by atoms with Gasteiger partial charge in [0, 0.05) is 51.3 Å². The third-order valence-corrected chi connectivity index (χ3v) is 10.2. The Morgan fingerprint density at radius 2 is 1.80 bits per heavy atom. The number of carboxylic acids is 1. The molecule has 254 valence electrons. The highest BCUT2D eigenvalue weighted by Crippen LogP contribution is 2.40. The van der Waals surface area contributed by atoms with Gasteiger partial charge in [-0.3, -0.25) is 19.1 Å². The molecule has 0 bridgehead atoms. The topological polar surface area (TPSA) is 156 Å². The second-order valence-corrected chi connectivity index (χ2v) is 13.4. The zero-order valence-electron chi connectivity index (χ0n) is 27.1. The zero-order valence-corrected chi connectivity index (χ0v) is 29.5. The molecule has 2 aromatic heterocycles. The number of aliphatic imine (C=N–C) groups is 1. The number of fused-ring (bicyclic) bond motifs is 3. The number of rotatable bonds is 6. The molecule has 1 atom stereocenters. The Bertz CT molecular complexity index is 2020. The van der Waals surface area contributed by atoms with E-state index in [4.69, 9.17) is 22.3 Å². The molecule has 0 radical (unpaired) electrons. The number of carbonyl (C=O) groups is 3. The van der Waals surface area contributed by atoms with Gasteiger partial charge in [0.05, 0.1) is 24.2 Å². The average Bonchev–Trinajstić information content (AvgIpc) is 3.55. The minimum absolute atomic E-state index is 0. The van der Waals surface area contributed by atoms with Gasteiger partial charge in [-0.15, -0.1) is 33.9 Å². The average molecular weight is 721 g/mol. The fourth-order valence-corrected chi connectivity index (χ4v) is 7.43. The van der Waals surface area contributed by atoms with Gasteiger partial charge in [-0.2, -0.15) is 0 Å². The normalized spacial score (nSPS) is 15.5. The summed E-state index contributed by atoms with van der Waals surface area (Å²) in [5.41, 5.74) is 9.82. The Labute approximate surface area is 299 Å². The van der Waals surface area contributed by atoms with Crippen LogP contribution >= 0.6 is 35.3 Å². The first-order valence-corrected chi connectivity index (χ1v) is 16.8. The molecule has 49 heavy (non-hydrogen) atoms. The van der Waals surface area contributed by atoms with E-state index in [1.807, 2.05) is 40.7 Å². The lowest BCUT2D eigenvalue weighted by molar-refractivity contribution is -0.132. The summed E-state index contributed by atoms with van der Waals surface area (Å²) < 4.78 is 2.03. The van der Waals surface area contributed by atoms with E-state index in [2.05, 4.69) is 41.2 Å². The van der Waals surface area contributed by atoms with E-state index < -0.39 is 12.0 Å². The lowest BCUT2D eigenvalue weighted by Crippen LogP contribution is -2.46. The lowest BCUT2D eigenvalue weighted by Gasteiger charge is -2.33. The number of benzene rings is 2. The van der Waals surface area contributed by atoms with Crippen LogP contribution in [0.2, 0.25) is 5.02 Å². The van der Waals surface area contributed by atoms with Crippen molar-refractivity contribution in [3.8, 4) is 16.8 Å². The van der Waals surface area contributed by atoms with Crippen LogP contribution in [0.3, 0.4) is 0 Å². The smallest absolute Gasteiger partial charge is 0.336 e. The summed E-state index contributed by atoms with van der Waals surface area (Å²) in [5.74, 6) is 5.22. The number of aryl methyl sites for hydroxylation is 2. The number of halogens is 2. The summed E-state index contributed by atoms with van der Waals surface area (Å²) in [5, 5.41) is 23.0. The van der Waals surface area contributed by atoms with Gasteiger partial charge in [-0.1, -0.05) is 35.6 Å². The molecule has 0 unspecified atom stereocenters. The van der Waals surface area contributed by atoms with Crippen molar-refractivity contribution in [2.24, 2.45) is 10.7 Å². The molecule has 4 aromatic rings. The summed E-state index contributed by atoms with van der Waals surface area (Å²) in [6.45, 7) is 7.08. The van der Waals surface area contributed by atoms with Crippen molar-refractivity contribution in [3.05, 3.63) is 97.4 Å². The molecular formula is C35H35Cl2N7O4S. The van der Waals surface area contributed by atoms with Gasteiger partial charge in [0.25, 0.3) is 5.91 Å². The monoisotopic (exact) mass is 719 g/mol. The van der Waals surface area contributed by atoms with Gasteiger partial charge in [-0.25, -0.2) is 4.79 Å². The second-order valence-electron chi connectivity index (χ2n) is 11.8. The molecule has 14 heteroatoms. The van der Waals surface area contributed by atoms with Crippen molar-refractivity contribution in [2.75, 3.05) is 19.6 Å². The Kier molecular flexibility index (Phi) is 10.9. The van der Waals surface area contributed by atoms with Crippen LogP contribution in [0, 0.1) is 32.6 Å². The maximum Gasteiger partial charge on any atom is 0.336 e. The summed E-state index contributed by atoms with van der Waals surface area (Å²) in [7, 11) is 0. The number of nitrogens with one attached hydrogen (secondary N) is 1. The maximum absolute atomic E-state index is 13.8. The van der Waals surface area contributed by atoms with Gasteiger partial charge < -0.3 is 21.1 Å². The molecule has 2 amide bonds. The first kappa shape index (κ1) is 35.8. The number of carboxylic acid groups (broad SMARTS) is 1. The minimum atomic E-state index is -1.13. The molecule has 1 fully saturated rings. The van der Waals surface area contributed by atoms with Crippen LogP contribution < -0.4 is 11.1 Å². The quantitative estimate of drug-likeness (QED) is 0.236. The Morgan fingerprint density at radius 3 is 2.47 bits per heavy atom. The summed E-state index contributed by atoms with van der Waals surface area (Å²) in [6.07, 6.45) is 1.25. The van der Waals surface area contributed by atoms with Crippen LogP contribution in [0.15, 0.2) is 47.5 Å². The molecule has 4 heterocycles. The number of hydrogen-bond acceptors (Lipinski definition) is 8. The van der Waals surface area contributed by atoms with Gasteiger partial charge in [0.1, 0.15) is 16.9 Å². The predicted octanol–water partition coefficient (Wildman–Crippen LogP) is 5.04. The van der Waals surface area contributed by atoms with E-state index in [1.165, 1.54) is 23.1 Å². The number of carbonyl (C=O) groups excluding carboxylic acids is 2. The van der Waals surface area contributed by atoms with Crippen LogP contribution in [0.5, 0.6) is 0 Å². The van der Waals surface area contributed by atoms with Crippen molar-refractivity contribution in [1.29, 1.82) is 0 Å². The second kappa shape index (κ2) is 14.9. The van der Waals surface area contributed by atoms with Gasteiger partial charge in [0.15, 0.2) is 5.82 Å². The highest BCUT2D eigenvalue weighted by atomic mass is 35.5. The SMILES string of the molecule is Cc1sc2c(c1C)C(c1ccc(Cl)cc1)=N[C@@H](CC(=O)N1CCC(NC(=O)c3ccc(C(=O)O)c(C#CCN)c3)CC1)c1nnc(C)n1-2.Cl. The van der Waals surface area contributed by atoms with E-state index in [-0.39, 0.29) is 54.4 Å². The van der Waals surface area contributed by atoms with Gasteiger partial charge >= 0.3 is 5.97 Å². The third kappa shape index (κ3) is 7.26. The molecule has 0 saturated carbocycles. The van der Waals surface area contributed by atoms with Gasteiger partial charge in [-0.05, 0) is 69.5 Å². The number of likely N-dealkylation sites (tertiary alicyclic amines) is 1. The van der Waals surface area contributed by atoms with Crippen molar-refractivity contribution in [1.82, 2.24) is 25.0 Å². The molecule has 6 rings (SSSR count). The minimum Gasteiger partial charge on any atom is -0.478 e. The Balaban J connectivity index is 0.00000468.